The maximum absolute atomic E-state index is 5.95. The van der Waals surface area contributed by atoms with Crippen molar-refractivity contribution in [2.45, 2.75) is 40.0 Å². The van der Waals surface area contributed by atoms with Crippen molar-refractivity contribution in [2.75, 3.05) is 27.4 Å². The van der Waals surface area contributed by atoms with Gasteiger partial charge in [-0.3, -0.25) is 4.99 Å². The summed E-state index contributed by atoms with van der Waals surface area (Å²) < 4.78 is 16.6. The molecule has 0 atom stereocenters. The van der Waals surface area contributed by atoms with Crippen molar-refractivity contribution in [3.05, 3.63) is 59.2 Å². The zero-order valence-electron chi connectivity index (χ0n) is 18.5. The van der Waals surface area contributed by atoms with Crippen LogP contribution >= 0.6 is 24.0 Å². The van der Waals surface area contributed by atoms with E-state index in [-0.39, 0.29) is 30.1 Å². The fourth-order valence-electron chi connectivity index (χ4n) is 2.74. The molecule has 166 valence electrons. The van der Waals surface area contributed by atoms with Crippen LogP contribution in [0.5, 0.6) is 11.5 Å². The maximum atomic E-state index is 5.95. The standard InChI is InChI=1S/C23H33N3O3.HI/c1-17(2)29-22-13-18(3)9-10-20(22)16-26-23(24-4)25-15-19-7-6-8-21(14-19)28-12-11-27-5;/h6-10,13-14,17H,11-12,15-16H2,1-5H3,(H2,24,25,26);1H. The van der Waals surface area contributed by atoms with Gasteiger partial charge in [-0.2, -0.15) is 0 Å². The summed E-state index contributed by atoms with van der Waals surface area (Å²) in [5, 5.41) is 6.70. The predicted octanol–water partition coefficient (Wildman–Crippen LogP) is 4.29. The van der Waals surface area contributed by atoms with Gasteiger partial charge in [0.25, 0.3) is 0 Å². The van der Waals surface area contributed by atoms with E-state index < -0.39 is 0 Å². The lowest BCUT2D eigenvalue weighted by Crippen LogP contribution is -2.36. The Kier molecular flexibility index (Phi) is 12.2. The molecule has 2 aromatic rings. The quantitative estimate of drug-likeness (QED) is 0.209. The first-order valence-corrected chi connectivity index (χ1v) is 9.93. The number of rotatable bonds is 10. The van der Waals surface area contributed by atoms with Gasteiger partial charge in [-0.1, -0.05) is 24.3 Å². The van der Waals surface area contributed by atoms with Crippen LogP contribution < -0.4 is 20.1 Å². The Balaban J connectivity index is 0.00000450. The van der Waals surface area contributed by atoms with E-state index in [2.05, 4.69) is 46.8 Å². The van der Waals surface area contributed by atoms with Gasteiger partial charge in [0.1, 0.15) is 18.1 Å². The molecule has 2 rings (SSSR count). The molecule has 2 N–H and O–H groups in total. The predicted molar refractivity (Wildman–Crippen MR) is 133 cm³/mol. The molecule has 0 bridgehead atoms. The molecular formula is C23H34IN3O3. The highest BCUT2D eigenvalue weighted by Crippen LogP contribution is 2.21. The summed E-state index contributed by atoms with van der Waals surface area (Å²) in [4.78, 5) is 4.32. The molecule has 0 spiro atoms. The van der Waals surface area contributed by atoms with E-state index in [0.717, 1.165) is 28.6 Å². The lowest BCUT2D eigenvalue weighted by molar-refractivity contribution is 0.146. The van der Waals surface area contributed by atoms with Gasteiger partial charge in [-0.15, -0.1) is 24.0 Å². The van der Waals surface area contributed by atoms with Gasteiger partial charge >= 0.3 is 0 Å². The van der Waals surface area contributed by atoms with Crippen molar-refractivity contribution >= 4 is 29.9 Å². The van der Waals surface area contributed by atoms with Crippen LogP contribution in [0.25, 0.3) is 0 Å². The third-order valence-electron chi connectivity index (χ3n) is 4.17. The molecule has 0 fully saturated rings. The van der Waals surface area contributed by atoms with Crippen molar-refractivity contribution in [3.63, 3.8) is 0 Å². The number of guanidine groups is 1. The molecule has 2 aromatic carbocycles. The smallest absolute Gasteiger partial charge is 0.191 e. The molecule has 0 aliphatic heterocycles. The molecule has 0 saturated carbocycles. The number of nitrogens with one attached hydrogen (secondary N) is 2. The van der Waals surface area contributed by atoms with Crippen LogP contribution in [0, 0.1) is 6.92 Å². The molecule has 0 unspecified atom stereocenters. The Morgan fingerprint density at radius 3 is 2.50 bits per heavy atom. The highest BCUT2D eigenvalue weighted by molar-refractivity contribution is 14.0. The molecule has 0 aromatic heterocycles. The van der Waals surface area contributed by atoms with Crippen LogP contribution in [-0.4, -0.2) is 39.4 Å². The average Bonchev–Trinajstić information content (AvgIpc) is 2.69. The van der Waals surface area contributed by atoms with Gasteiger partial charge in [0, 0.05) is 32.8 Å². The molecule has 0 heterocycles. The third-order valence-corrected chi connectivity index (χ3v) is 4.17. The van der Waals surface area contributed by atoms with E-state index in [1.54, 1.807) is 14.2 Å². The van der Waals surface area contributed by atoms with Crippen LogP contribution in [0.2, 0.25) is 0 Å². The molecular weight excluding hydrogens is 493 g/mol. The molecule has 30 heavy (non-hydrogen) atoms. The Bertz CT molecular complexity index is 797. The fraction of sp³-hybridized carbons (Fsp3) is 0.435. The lowest BCUT2D eigenvalue weighted by atomic mass is 10.1. The molecule has 0 saturated heterocycles. The normalized spacial score (nSPS) is 11.1. The number of benzene rings is 2. The Morgan fingerprint density at radius 1 is 1.03 bits per heavy atom. The van der Waals surface area contributed by atoms with Crippen molar-refractivity contribution in [2.24, 2.45) is 4.99 Å². The van der Waals surface area contributed by atoms with Crippen molar-refractivity contribution < 1.29 is 14.2 Å². The highest BCUT2D eigenvalue weighted by atomic mass is 127. The number of ether oxygens (including phenoxy) is 3. The number of halogens is 1. The first-order chi connectivity index (χ1) is 14.0. The van der Waals surface area contributed by atoms with E-state index in [9.17, 15) is 0 Å². The van der Waals surface area contributed by atoms with Crippen LogP contribution in [0.1, 0.15) is 30.5 Å². The van der Waals surface area contributed by atoms with Gasteiger partial charge in [-0.25, -0.2) is 0 Å². The molecule has 0 aliphatic carbocycles. The van der Waals surface area contributed by atoms with Crippen LogP contribution in [0.4, 0.5) is 0 Å². The van der Waals surface area contributed by atoms with Crippen LogP contribution in [0.15, 0.2) is 47.5 Å². The number of methoxy groups -OCH3 is 1. The van der Waals surface area contributed by atoms with Gasteiger partial charge in [0.05, 0.1) is 12.7 Å². The topological polar surface area (TPSA) is 64.1 Å². The number of hydrogen-bond donors (Lipinski definition) is 2. The summed E-state index contributed by atoms with van der Waals surface area (Å²) in [5.41, 5.74) is 3.39. The van der Waals surface area contributed by atoms with Crippen molar-refractivity contribution in [1.82, 2.24) is 10.6 Å². The van der Waals surface area contributed by atoms with E-state index in [4.69, 9.17) is 14.2 Å². The summed E-state index contributed by atoms with van der Waals surface area (Å²) in [6, 6.07) is 14.3. The summed E-state index contributed by atoms with van der Waals surface area (Å²) in [7, 11) is 3.43. The largest absolute Gasteiger partial charge is 0.491 e. The van der Waals surface area contributed by atoms with E-state index in [1.807, 2.05) is 32.0 Å². The van der Waals surface area contributed by atoms with Gasteiger partial charge in [0.2, 0.25) is 0 Å². The van der Waals surface area contributed by atoms with E-state index in [0.29, 0.717) is 26.3 Å². The number of aliphatic imine (C=N–C) groups is 1. The van der Waals surface area contributed by atoms with E-state index in [1.165, 1.54) is 5.56 Å². The summed E-state index contributed by atoms with van der Waals surface area (Å²) in [5.74, 6) is 2.47. The SMILES string of the molecule is CN=C(NCc1cccc(OCCOC)c1)NCc1ccc(C)cc1OC(C)C.I. The summed E-state index contributed by atoms with van der Waals surface area (Å²) in [6.45, 7) is 8.51. The average molecular weight is 527 g/mol. The third kappa shape index (κ3) is 9.21. The highest BCUT2D eigenvalue weighted by Gasteiger charge is 2.08. The minimum atomic E-state index is 0. The van der Waals surface area contributed by atoms with Crippen molar-refractivity contribution in [1.29, 1.82) is 0 Å². The Labute approximate surface area is 197 Å². The maximum Gasteiger partial charge on any atom is 0.191 e. The minimum Gasteiger partial charge on any atom is -0.491 e. The number of aryl methyl sites for hydroxylation is 1. The molecule has 0 radical (unpaired) electrons. The zero-order chi connectivity index (χ0) is 21.1. The Morgan fingerprint density at radius 2 is 1.80 bits per heavy atom. The Hall–Kier alpha value is -2.00. The molecule has 0 amide bonds. The van der Waals surface area contributed by atoms with Gasteiger partial charge in [-0.05, 0) is 50.1 Å². The minimum absolute atomic E-state index is 0. The second-order valence-corrected chi connectivity index (χ2v) is 7.05. The molecule has 6 nitrogen and oxygen atoms in total. The van der Waals surface area contributed by atoms with E-state index >= 15 is 0 Å². The zero-order valence-corrected chi connectivity index (χ0v) is 20.9. The van der Waals surface area contributed by atoms with Crippen molar-refractivity contribution in [3.8, 4) is 11.5 Å². The number of nitrogens with zero attached hydrogens (tertiary/aromatic N) is 1. The van der Waals surface area contributed by atoms with Gasteiger partial charge in [0.15, 0.2) is 5.96 Å². The second-order valence-electron chi connectivity index (χ2n) is 7.05. The number of hydrogen-bond acceptors (Lipinski definition) is 4. The molecule has 0 aliphatic rings. The molecule has 7 heteroatoms. The van der Waals surface area contributed by atoms with Crippen LogP contribution in [0.3, 0.4) is 0 Å². The summed E-state index contributed by atoms with van der Waals surface area (Å²) in [6.07, 6.45) is 0.131. The first kappa shape index (κ1) is 26.0. The lowest BCUT2D eigenvalue weighted by Gasteiger charge is -2.17. The van der Waals surface area contributed by atoms with Gasteiger partial charge < -0.3 is 24.8 Å². The monoisotopic (exact) mass is 527 g/mol. The fourth-order valence-corrected chi connectivity index (χ4v) is 2.74. The first-order valence-electron chi connectivity index (χ1n) is 9.93. The van der Waals surface area contributed by atoms with Crippen LogP contribution in [-0.2, 0) is 17.8 Å². The summed E-state index contributed by atoms with van der Waals surface area (Å²) >= 11 is 0. The second kappa shape index (κ2) is 14.1.